The van der Waals surface area contributed by atoms with E-state index in [2.05, 4.69) is 41.6 Å². The zero-order valence-corrected chi connectivity index (χ0v) is 37.2. The van der Waals surface area contributed by atoms with Crippen LogP contribution in [0.4, 0.5) is 62.1 Å². The Morgan fingerprint density at radius 3 is 1.44 bits per heavy atom. The zero-order valence-electron chi connectivity index (χ0n) is 35.5. The second-order valence-electron chi connectivity index (χ2n) is 15.3. The maximum atomic E-state index is 13.9. The number of nitrogens with two attached hydrogens (primary N) is 2. The number of carbonyl (C=O) groups excluding carboxylic acids is 2. The number of anilines is 6. The fourth-order valence-electron chi connectivity index (χ4n) is 7.38. The predicted molar refractivity (Wildman–Crippen MR) is 253 cm³/mol. The number of nitrogens with one attached hydrogen (secondary N) is 2. The van der Waals surface area contributed by atoms with E-state index < -0.39 is 17.7 Å². The van der Waals surface area contributed by atoms with Crippen LogP contribution in [0.15, 0.2) is 91.0 Å². The number of carbonyl (C=O) groups is 2. The summed E-state index contributed by atoms with van der Waals surface area (Å²) in [6.45, 7) is 3.64. The van der Waals surface area contributed by atoms with E-state index in [1.807, 2.05) is 9.80 Å². The van der Waals surface area contributed by atoms with Crippen LogP contribution in [-0.2, 0) is 0 Å². The van der Waals surface area contributed by atoms with Crippen LogP contribution in [0.5, 0.6) is 0 Å². The molecule has 2 saturated heterocycles. The first kappa shape index (κ1) is 44.9. The van der Waals surface area contributed by atoms with Crippen LogP contribution in [-0.4, -0.2) is 104 Å². The molecular formula is C45H37F4N15O2S2. The number of amides is 4. The second-order valence-corrected chi connectivity index (χ2v) is 17.2. The number of benzene rings is 4. The molecule has 6 N–H and O–H groups in total. The number of halogens is 4. The van der Waals surface area contributed by atoms with Crippen LogP contribution in [0.3, 0.4) is 0 Å². The summed E-state index contributed by atoms with van der Waals surface area (Å²) in [5, 5.41) is 15.6. The average molecular weight is 960 g/mol. The maximum absolute atomic E-state index is 13.9. The van der Waals surface area contributed by atoms with Gasteiger partial charge in [-0.1, -0.05) is 22.7 Å². The summed E-state index contributed by atoms with van der Waals surface area (Å²) in [7, 11) is 0. The van der Waals surface area contributed by atoms with Crippen LogP contribution in [0.25, 0.3) is 41.8 Å². The number of piperazine rings is 2. The quantitative estimate of drug-likeness (QED) is 0.117. The molecule has 4 aromatic carbocycles. The van der Waals surface area contributed by atoms with E-state index in [1.54, 1.807) is 53.4 Å². The number of nitriles is 1. The Morgan fingerprint density at radius 2 is 1.00 bits per heavy atom. The molecule has 10 rings (SSSR count). The highest BCUT2D eigenvalue weighted by Crippen LogP contribution is 2.36. The van der Waals surface area contributed by atoms with Crippen molar-refractivity contribution < 1.29 is 27.2 Å². The van der Waals surface area contributed by atoms with Crippen LogP contribution < -0.4 is 31.9 Å². The highest BCUT2D eigenvalue weighted by atomic mass is 32.1. The van der Waals surface area contributed by atoms with Crippen LogP contribution in [0.1, 0.15) is 5.56 Å². The number of aromatic nitrogens is 6. The van der Waals surface area contributed by atoms with Gasteiger partial charge in [-0.25, -0.2) is 47.1 Å². The molecule has 0 aliphatic carbocycles. The Hall–Kier alpha value is -8.23. The van der Waals surface area contributed by atoms with E-state index in [1.165, 1.54) is 57.9 Å². The van der Waals surface area contributed by atoms with Crippen molar-refractivity contribution in [2.45, 2.75) is 0 Å². The molecule has 0 radical (unpaired) electrons. The fraction of sp³-hybridized carbons (Fsp3) is 0.178. The molecule has 2 aliphatic heterocycles. The summed E-state index contributed by atoms with van der Waals surface area (Å²) in [5.41, 5.74) is 15.7. The van der Waals surface area contributed by atoms with Gasteiger partial charge >= 0.3 is 12.1 Å². The first-order valence-corrected chi connectivity index (χ1v) is 22.5. The molecule has 23 heteroatoms. The van der Waals surface area contributed by atoms with Gasteiger partial charge in [-0.2, -0.15) is 15.2 Å². The second kappa shape index (κ2) is 19.3. The van der Waals surface area contributed by atoms with Gasteiger partial charge in [0.1, 0.15) is 44.3 Å². The standard InChI is InChI=1S/C23H19FN8OS.C22H18F3N7OS/c24-16-5-3-15(4-6-16)20-28-18-19(29-22(26)30-21(18)34-20)31-9-11-32(12-10-31)23(33)27-17-7-1-14(13-25)2-8-17;23-13-3-1-12(2-4-13)19-28-17-18(29-21(26)30-20(17)34-19)31-7-9-32(10-8-31)22(33)27-16-6-5-14(24)11-15(16)25/h1-8H,9-12H2,(H,27,33)(H2,26,29,30);1-6,11H,7-10H2,(H,27,33)(H2,26,29,30). The minimum absolute atomic E-state index is 0.0880. The van der Waals surface area contributed by atoms with Gasteiger partial charge in [-0.3, -0.25) is 0 Å². The lowest BCUT2D eigenvalue weighted by Crippen LogP contribution is -2.50. The molecule has 0 bridgehead atoms. The summed E-state index contributed by atoms with van der Waals surface area (Å²) in [6.07, 6.45) is 0. The molecule has 4 aromatic heterocycles. The van der Waals surface area contributed by atoms with E-state index in [0.717, 1.165) is 17.2 Å². The number of thiazole rings is 2. The van der Waals surface area contributed by atoms with E-state index >= 15 is 0 Å². The van der Waals surface area contributed by atoms with Crippen LogP contribution in [0, 0.1) is 34.6 Å². The molecule has 2 aliphatic rings. The average Bonchev–Trinajstić information content (AvgIpc) is 3.98. The normalized spacial score (nSPS) is 13.8. The first-order chi connectivity index (χ1) is 32.9. The number of urea groups is 2. The van der Waals surface area contributed by atoms with Gasteiger partial charge in [0.05, 0.1) is 17.3 Å². The van der Waals surface area contributed by atoms with Gasteiger partial charge < -0.3 is 41.7 Å². The Balaban J connectivity index is 0.000000170. The van der Waals surface area contributed by atoms with Crippen LogP contribution >= 0.6 is 22.7 Å². The van der Waals surface area contributed by atoms with E-state index in [9.17, 15) is 27.2 Å². The summed E-state index contributed by atoms with van der Waals surface area (Å²) in [4.78, 5) is 60.5. The molecule has 0 unspecified atom stereocenters. The van der Waals surface area contributed by atoms with Crippen molar-refractivity contribution in [3.8, 4) is 27.2 Å². The lowest BCUT2D eigenvalue weighted by atomic mass is 10.2. The third-order valence-electron chi connectivity index (χ3n) is 10.9. The Labute approximate surface area is 392 Å². The molecule has 0 saturated carbocycles. The maximum Gasteiger partial charge on any atom is 0.322 e. The molecule has 68 heavy (non-hydrogen) atoms. The lowest BCUT2D eigenvalue weighted by Gasteiger charge is -2.35. The highest BCUT2D eigenvalue weighted by Gasteiger charge is 2.28. The molecule has 2 fully saturated rings. The minimum atomic E-state index is -0.841. The van der Waals surface area contributed by atoms with Crippen molar-refractivity contribution in [1.82, 2.24) is 39.7 Å². The van der Waals surface area contributed by atoms with E-state index in [0.29, 0.717) is 112 Å². The van der Waals surface area contributed by atoms with Crippen molar-refractivity contribution in [2.75, 3.05) is 84.3 Å². The van der Waals surface area contributed by atoms with Crippen molar-refractivity contribution in [2.24, 2.45) is 0 Å². The summed E-state index contributed by atoms with van der Waals surface area (Å²) in [5.74, 6) is -0.776. The number of hydrogen-bond acceptors (Lipinski definition) is 15. The van der Waals surface area contributed by atoms with Crippen molar-refractivity contribution in [1.29, 1.82) is 5.26 Å². The summed E-state index contributed by atoms with van der Waals surface area (Å²) >= 11 is 2.70. The van der Waals surface area contributed by atoms with Gasteiger partial charge in [0.15, 0.2) is 21.3 Å². The van der Waals surface area contributed by atoms with E-state index in [4.69, 9.17) is 21.7 Å². The highest BCUT2D eigenvalue weighted by molar-refractivity contribution is 7.21. The molecule has 0 atom stereocenters. The van der Waals surface area contributed by atoms with Gasteiger partial charge in [0.25, 0.3) is 0 Å². The van der Waals surface area contributed by atoms with Crippen LogP contribution in [0.2, 0.25) is 0 Å². The summed E-state index contributed by atoms with van der Waals surface area (Å²) in [6, 6.07) is 23.2. The number of rotatable bonds is 6. The fourth-order valence-corrected chi connectivity index (χ4v) is 9.27. The number of fused-ring (bicyclic) bond motifs is 2. The molecule has 344 valence electrons. The number of nitrogen functional groups attached to an aromatic ring is 2. The van der Waals surface area contributed by atoms with Gasteiger partial charge in [0, 0.05) is 75.2 Å². The van der Waals surface area contributed by atoms with E-state index in [-0.39, 0.29) is 35.2 Å². The third-order valence-corrected chi connectivity index (χ3v) is 12.9. The zero-order chi connectivity index (χ0) is 47.5. The predicted octanol–water partition coefficient (Wildman–Crippen LogP) is 7.81. The Kier molecular flexibility index (Phi) is 12.8. The molecular weight excluding hydrogens is 923 g/mol. The minimum Gasteiger partial charge on any atom is -0.368 e. The topological polar surface area (TPSA) is 224 Å². The monoisotopic (exact) mass is 959 g/mol. The molecule has 4 amide bonds. The van der Waals surface area contributed by atoms with Crippen molar-refractivity contribution >= 4 is 90.3 Å². The smallest absolute Gasteiger partial charge is 0.322 e. The third kappa shape index (κ3) is 9.95. The van der Waals surface area contributed by atoms with Gasteiger partial charge in [-0.15, -0.1) is 0 Å². The lowest BCUT2D eigenvalue weighted by molar-refractivity contribution is 0.207. The summed E-state index contributed by atoms with van der Waals surface area (Å²) < 4.78 is 53.5. The SMILES string of the molecule is N#Cc1ccc(NC(=O)N2CCN(c3nc(N)nc4sc(-c5ccc(F)cc5)nc34)CC2)cc1.Nc1nc(N2CCN(C(=O)Nc3ccc(F)cc3F)CC2)c2nc(-c3ccc(F)cc3)sc2n1. The van der Waals surface area contributed by atoms with Gasteiger partial charge in [0.2, 0.25) is 11.9 Å². The molecule has 0 spiro atoms. The first-order valence-electron chi connectivity index (χ1n) is 20.8. The molecule has 8 aromatic rings. The van der Waals surface area contributed by atoms with Crippen molar-refractivity contribution in [3.63, 3.8) is 0 Å². The molecule has 6 heterocycles. The number of hydrogen-bond donors (Lipinski definition) is 4. The Bertz CT molecular complexity index is 3190. The largest absolute Gasteiger partial charge is 0.368 e. The number of nitrogens with zero attached hydrogens (tertiary/aromatic N) is 11. The molecule has 17 nitrogen and oxygen atoms in total. The van der Waals surface area contributed by atoms with Crippen molar-refractivity contribution in [3.05, 3.63) is 120 Å². The Morgan fingerprint density at radius 1 is 0.559 bits per heavy atom. The van der Waals surface area contributed by atoms with Gasteiger partial charge in [-0.05, 0) is 84.9 Å².